The highest BCUT2D eigenvalue weighted by Gasteiger charge is 2.03. The Morgan fingerprint density at radius 1 is 0.812 bits per heavy atom. The number of fused-ring (bicyclic) bond motifs is 3. The van der Waals surface area contributed by atoms with E-state index in [0.717, 1.165) is 16.2 Å². The molecule has 0 radical (unpaired) electrons. The van der Waals surface area contributed by atoms with Gasteiger partial charge in [-0.1, -0.05) is 48.0 Å². The average molecular weight is 210 g/mol. The summed E-state index contributed by atoms with van der Waals surface area (Å²) in [4.78, 5) is 0. The van der Waals surface area contributed by atoms with E-state index in [1.54, 1.807) is 6.07 Å². The van der Waals surface area contributed by atoms with Gasteiger partial charge in [0.25, 0.3) is 0 Å². The molecule has 78 valence electrons. The minimum atomic E-state index is -0.152. The first-order valence-corrected chi connectivity index (χ1v) is 5.33. The van der Waals surface area contributed by atoms with Gasteiger partial charge >= 0.3 is 0 Å². The van der Waals surface area contributed by atoms with Gasteiger partial charge in [0.2, 0.25) is 0 Å². The van der Waals surface area contributed by atoms with Crippen molar-refractivity contribution in [3.8, 4) is 0 Å². The molecule has 0 spiro atoms. The minimum absolute atomic E-state index is 0.152. The lowest BCUT2D eigenvalue weighted by Gasteiger charge is -2.05. The summed E-state index contributed by atoms with van der Waals surface area (Å²) in [5.74, 6) is -0.152. The average Bonchev–Trinajstić information content (AvgIpc) is 2.29. The Kier molecular flexibility index (Phi) is 1.93. The normalized spacial score (nSPS) is 11.1. The fourth-order valence-electron chi connectivity index (χ4n) is 2.16. The first-order valence-electron chi connectivity index (χ1n) is 5.33. The van der Waals surface area contributed by atoms with Gasteiger partial charge in [-0.25, -0.2) is 4.39 Å². The van der Waals surface area contributed by atoms with E-state index in [-0.39, 0.29) is 5.82 Å². The van der Waals surface area contributed by atoms with E-state index >= 15 is 0 Å². The van der Waals surface area contributed by atoms with E-state index in [0.29, 0.717) is 5.39 Å². The quantitative estimate of drug-likeness (QED) is 0.481. The van der Waals surface area contributed by atoms with Crippen LogP contribution in [0, 0.1) is 12.7 Å². The molecule has 3 rings (SSSR count). The standard InChI is InChI=1S/C15H11F/c1-10-5-6-11-7-8-13-12(14(11)9-10)3-2-4-15(13)16/h2-9H,1H3. The van der Waals surface area contributed by atoms with Gasteiger partial charge in [-0.3, -0.25) is 0 Å². The third-order valence-corrected chi connectivity index (χ3v) is 2.98. The van der Waals surface area contributed by atoms with Crippen LogP contribution in [0.15, 0.2) is 48.5 Å². The van der Waals surface area contributed by atoms with E-state index in [2.05, 4.69) is 25.1 Å². The van der Waals surface area contributed by atoms with Crippen molar-refractivity contribution < 1.29 is 4.39 Å². The topological polar surface area (TPSA) is 0 Å². The molecule has 0 aliphatic rings. The molecule has 16 heavy (non-hydrogen) atoms. The molecule has 0 aromatic heterocycles. The highest BCUT2D eigenvalue weighted by Crippen LogP contribution is 2.27. The van der Waals surface area contributed by atoms with E-state index in [1.807, 2.05) is 18.2 Å². The smallest absolute Gasteiger partial charge is 0.131 e. The van der Waals surface area contributed by atoms with E-state index in [1.165, 1.54) is 11.6 Å². The van der Waals surface area contributed by atoms with Gasteiger partial charge in [0.1, 0.15) is 5.82 Å². The van der Waals surface area contributed by atoms with Crippen molar-refractivity contribution >= 4 is 21.5 Å². The second-order valence-corrected chi connectivity index (χ2v) is 4.13. The monoisotopic (exact) mass is 210 g/mol. The Labute approximate surface area is 93.3 Å². The van der Waals surface area contributed by atoms with Crippen molar-refractivity contribution in [2.75, 3.05) is 0 Å². The fourth-order valence-corrected chi connectivity index (χ4v) is 2.16. The summed E-state index contributed by atoms with van der Waals surface area (Å²) in [7, 11) is 0. The largest absolute Gasteiger partial charge is 0.206 e. The maximum absolute atomic E-state index is 13.6. The number of rotatable bonds is 0. The number of hydrogen-bond donors (Lipinski definition) is 0. The first-order chi connectivity index (χ1) is 7.75. The van der Waals surface area contributed by atoms with Gasteiger partial charge in [-0.15, -0.1) is 0 Å². The van der Waals surface area contributed by atoms with Crippen LogP contribution < -0.4 is 0 Å². The van der Waals surface area contributed by atoms with Crippen molar-refractivity contribution in [1.82, 2.24) is 0 Å². The van der Waals surface area contributed by atoms with Gasteiger partial charge in [-0.05, 0) is 29.1 Å². The predicted octanol–water partition coefficient (Wildman–Crippen LogP) is 4.44. The van der Waals surface area contributed by atoms with Crippen molar-refractivity contribution in [2.24, 2.45) is 0 Å². The molecule has 0 amide bonds. The van der Waals surface area contributed by atoms with Crippen molar-refractivity contribution in [1.29, 1.82) is 0 Å². The summed E-state index contributed by atoms with van der Waals surface area (Å²) in [6.07, 6.45) is 0. The lowest BCUT2D eigenvalue weighted by molar-refractivity contribution is 0.640. The molecule has 0 saturated heterocycles. The summed E-state index contributed by atoms with van der Waals surface area (Å²) in [5.41, 5.74) is 1.20. The Morgan fingerprint density at radius 3 is 2.50 bits per heavy atom. The SMILES string of the molecule is Cc1ccc2ccc3c(F)cccc3c2c1. The van der Waals surface area contributed by atoms with Gasteiger partial charge in [-0.2, -0.15) is 0 Å². The van der Waals surface area contributed by atoms with Gasteiger partial charge in [0.05, 0.1) is 0 Å². The molecule has 0 atom stereocenters. The van der Waals surface area contributed by atoms with Crippen LogP contribution in [0.2, 0.25) is 0 Å². The third kappa shape index (κ3) is 1.28. The molecule has 0 unspecified atom stereocenters. The minimum Gasteiger partial charge on any atom is -0.206 e. The van der Waals surface area contributed by atoms with Crippen LogP contribution in [0.5, 0.6) is 0 Å². The van der Waals surface area contributed by atoms with Crippen molar-refractivity contribution in [2.45, 2.75) is 6.92 Å². The Balaban J connectivity index is 2.58. The lowest BCUT2D eigenvalue weighted by atomic mass is 10.0. The fraction of sp³-hybridized carbons (Fsp3) is 0.0667. The number of benzene rings is 3. The van der Waals surface area contributed by atoms with Crippen molar-refractivity contribution in [3.05, 3.63) is 59.9 Å². The number of halogens is 1. The molecular weight excluding hydrogens is 199 g/mol. The third-order valence-electron chi connectivity index (χ3n) is 2.98. The second-order valence-electron chi connectivity index (χ2n) is 4.13. The molecule has 0 N–H and O–H groups in total. The van der Waals surface area contributed by atoms with Crippen LogP contribution in [-0.2, 0) is 0 Å². The summed E-state index contributed by atoms with van der Waals surface area (Å²) in [5, 5.41) is 3.96. The van der Waals surface area contributed by atoms with Gasteiger partial charge in [0, 0.05) is 5.39 Å². The lowest BCUT2D eigenvalue weighted by Crippen LogP contribution is -1.82. The Hall–Kier alpha value is -1.89. The molecular formula is C15H11F. The van der Waals surface area contributed by atoms with Crippen LogP contribution in [0.25, 0.3) is 21.5 Å². The summed E-state index contributed by atoms with van der Waals surface area (Å²) in [6.45, 7) is 2.05. The maximum Gasteiger partial charge on any atom is 0.131 e. The van der Waals surface area contributed by atoms with Crippen LogP contribution in [0.1, 0.15) is 5.56 Å². The molecule has 0 bridgehead atoms. The molecule has 0 aliphatic carbocycles. The number of aryl methyl sites for hydroxylation is 1. The van der Waals surface area contributed by atoms with Gasteiger partial charge < -0.3 is 0 Å². The summed E-state index contributed by atoms with van der Waals surface area (Å²) in [6, 6.07) is 15.3. The highest BCUT2D eigenvalue weighted by atomic mass is 19.1. The molecule has 0 nitrogen and oxygen atoms in total. The zero-order chi connectivity index (χ0) is 11.1. The van der Waals surface area contributed by atoms with Crippen LogP contribution in [0.4, 0.5) is 4.39 Å². The van der Waals surface area contributed by atoms with E-state index in [9.17, 15) is 4.39 Å². The zero-order valence-electron chi connectivity index (χ0n) is 9.00. The predicted molar refractivity (Wildman–Crippen MR) is 66.1 cm³/mol. The summed E-state index contributed by atoms with van der Waals surface area (Å²) < 4.78 is 13.6. The molecule has 3 aromatic rings. The Morgan fingerprint density at radius 2 is 1.62 bits per heavy atom. The highest BCUT2D eigenvalue weighted by molar-refractivity contribution is 6.07. The maximum atomic E-state index is 13.6. The molecule has 0 saturated carbocycles. The van der Waals surface area contributed by atoms with E-state index in [4.69, 9.17) is 0 Å². The van der Waals surface area contributed by atoms with Crippen LogP contribution >= 0.6 is 0 Å². The second kappa shape index (κ2) is 3.31. The Bertz CT molecular complexity index is 683. The zero-order valence-corrected chi connectivity index (χ0v) is 9.00. The molecule has 0 fully saturated rings. The van der Waals surface area contributed by atoms with Crippen LogP contribution in [0.3, 0.4) is 0 Å². The first kappa shape index (κ1) is 9.34. The number of hydrogen-bond acceptors (Lipinski definition) is 0. The molecule has 0 heterocycles. The molecule has 3 aromatic carbocycles. The van der Waals surface area contributed by atoms with Crippen LogP contribution in [-0.4, -0.2) is 0 Å². The molecule has 1 heteroatoms. The molecule has 0 aliphatic heterocycles. The van der Waals surface area contributed by atoms with Crippen molar-refractivity contribution in [3.63, 3.8) is 0 Å². The summed E-state index contributed by atoms with van der Waals surface area (Å²) >= 11 is 0. The van der Waals surface area contributed by atoms with E-state index < -0.39 is 0 Å². The van der Waals surface area contributed by atoms with Gasteiger partial charge in [0.15, 0.2) is 0 Å².